The molecule has 0 saturated carbocycles. The van der Waals surface area contributed by atoms with Gasteiger partial charge in [-0.1, -0.05) is 54.1 Å². The third kappa shape index (κ3) is 3.57. The lowest BCUT2D eigenvalue weighted by Crippen LogP contribution is -2.24. The molecule has 3 aromatic rings. The van der Waals surface area contributed by atoms with Crippen molar-refractivity contribution in [2.45, 2.75) is 0 Å². The number of carbonyl (C=O) groups excluding carboxylic acids is 1. The Balaban J connectivity index is 1.79. The molecule has 1 aliphatic heterocycles. The van der Waals surface area contributed by atoms with E-state index in [1.54, 1.807) is 12.0 Å². The van der Waals surface area contributed by atoms with Crippen molar-refractivity contribution in [2.75, 3.05) is 12.0 Å². The maximum atomic E-state index is 13.3. The first-order valence-corrected chi connectivity index (χ1v) is 9.26. The second-order valence-corrected chi connectivity index (χ2v) is 6.82. The van der Waals surface area contributed by atoms with Crippen molar-refractivity contribution in [3.8, 4) is 5.75 Å². The van der Waals surface area contributed by atoms with E-state index < -0.39 is 0 Å². The third-order valence-corrected chi connectivity index (χ3v) is 4.83. The van der Waals surface area contributed by atoms with Crippen molar-refractivity contribution in [3.05, 3.63) is 107 Å². The van der Waals surface area contributed by atoms with E-state index in [0.717, 1.165) is 28.3 Å². The van der Waals surface area contributed by atoms with Crippen LogP contribution in [0.5, 0.6) is 5.75 Å². The van der Waals surface area contributed by atoms with Gasteiger partial charge >= 0.3 is 0 Å². The molecule has 0 unspecified atom stereocenters. The van der Waals surface area contributed by atoms with Gasteiger partial charge in [0.2, 0.25) is 0 Å². The minimum Gasteiger partial charge on any atom is -0.497 e. The van der Waals surface area contributed by atoms with E-state index in [4.69, 9.17) is 16.3 Å². The number of methoxy groups -OCH3 is 1. The van der Waals surface area contributed by atoms with Crippen molar-refractivity contribution in [2.24, 2.45) is 0 Å². The summed E-state index contributed by atoms with van der Waals surface area (Å²) < 4.78 is 5.24. The lowest BCUT2D eigenvalue weighted by Gasteiger charge is -2.21. The molecule has 0 aliphatic carbocycles. The zero-order valence-corrected chi connectivity index (χ0v) is 16.1. The lowest BCUT2D eigenvalue weighted by molar-refractivity contribution is -0.113. The Labute approximate surface area is 169 Å². The summed E-state index contributed by atoms with van der Waals surface area (Å²) in [4.78, 5) is 15.0. The van der Waals surface area contributed by atoms with Gasteiger partial charge in [-0.2, -0.15) is 0 Å². The Morgan fingerprint density at radius 3 is 2.21 bits per heavy atom. The van der Waals surface area contributed by atoms with Crippen LogP contribution >= 0.6 is 11.6 Å². The van der Waals surface area contributed by atoms with Crippen LogP contribution in [0.4, 0.5) is 5.69 Å². The number of hydrogen-bond acceptors (Lipinski definition) is 2. The highest BCUT2D eigenvalue weighted by Crippen LogP contribution is 2.35. The summed E-state index contributed by atoms with van der Waals surface area (Å²) in [5.74, 6) is 0.677. The van der Waals surface area contributed by atoms with Crippen LogP contribution in [0.15, 0.2) is 90.5 Å². The van der Waals surface area contributed by atoms with Crippen LogP contribution in [0, 0.1) is 0 Å². The molecule has 138 valence electrons. The Kier molecular flexibility index (Phi) is 5.00. The van der Waals surface area contributed by atoms with Crippen LogP contribution < -0.4 is 9.64 Å². The van der Waals surface area contributed by atoms with Gasteiger partial charge in [-0.25, -0.2) is 0 Å². The Bertz CT molecular complexity index is 1050. The molecule has 1 heterocycles. The maximum absolute atomic E-state index is 13.3. The molecule has 1 aliphatic rings. The molecule has 4 heteroatoms. The van der Waals surface area contributed by atoms with Gasteiger partial charge in [0.25, 0.3) is 5.91 Å². The standard InChI is InChI=1S/C24H18ClNO2/c1-28-22-13-11-21(12-14-22)26-23(18-5-3-2-4-6-18)16-19(24(26)27)15-17-7-9-20(25)10-8-17/h2-16H,1H3/b19-15+. The average molecular weight is 388 g/mol. The lowest BCUT2D eigenvalue weighted by atomic mass is 10.1. The first-order chi connectivity index (χ1) is 13.7. The van der Waals surface area contributed by atoms with Gasteiger partial charge in [0.15, 0.2) is 0 Å². The van der Waals surface area contributed by atoms with Gasteiger partial charge in [0.1, 0.15) is 5.75 Å². The highest BCUT2D eigenvalue weighted by Gasteiger charge is 2.30. The van der Waals surface area contributed by atoms with E-state index in [2.05, 4.69) is 0 Å². The zero-order valence-electron chi connectivity index (χ0n) is 15.3. The fraction of sp³-hybridized carbons (Fsp3) is 0.0417. The molecule has 0 fully saturated rings. The minimum absolute atomic E-state index is 0.0704. The number of rotatable bonds is 4. The zero-order chi connectivity index (χ0) is 19.5. The van der Waals surface area contributed by atoms with Gasteiger partial charge < -0.3 is 4.74 Å². The van der Waals surface area contributed by atoms with Crippen LogP contribution in [0.3, 0.4) is 0 Å². The molecule has 0 atom stereocenters. The SMILES string of the molecule is COc1ccc(N2C(=O)/C(=C/c3ccc(Cl)cc3)C=C2c2ccccc2)cc1. The number of nitrogens with zero attached hydrogens (tertiary/aromatic N) is 1. The highest BCUT2D eigenvalue weighted by atomic mass is 35.5. The van der Waals surface area contributed by atoms with E-state index in [-0.39, 0.29) is 5.91 Å². The Hall–Kier alpha value is -3.30. The largest absolute Gasteiger partial charge is 0.497 e. The molecule has 0 aromatic heterocycles. The van der Waals surface area contributed by atoms with E-state index in [1.807, 2.05) is 91.0 Å². The number of carbonyl (C=O) groups is 1. The molecule has 4 rings (SSSR count). The van der Waals surface area contributed by atoms with Gasteiger partial charge in [-0.3, -0.25) is 9.69 Å². The fourth-order valence-corrected chi connectivity index (χ4v) is 3.29. The van der Waals surface area contributed by atoms with Crippen LogP contribution in [0.1, 0.15) is 11.1 Å². The number of hydrogen-bond donors (Lipinski definition) is 0. The summed E-state index contributed by atoms with van der Waals surface area (Å²) >= 11 is 5.97. The molecule has 0 saturated heterocycles. The molecule has 0 N–H and O–H groups in total. The number of anilines is 1. The Morgan fingerprint density at radius 2 is 1.57 bits per heavy atom. The second-order valence-electron chi connectivity index (χ2n) is 6.39. The molecule has 0 radical (unpaired) electrons. The first kappa shape index (κ1) is 18.1. The minimum atomic E-state index is -0.0704. The van der Waals surface area contributed by atoms with E-state index in [0.29, 0.717) is 10.6 Å². The predicted molar refractivity (Wildman–Crippen MR) is 114 cm³/mol. The van der Waals surface area contributed by atoms with Crippen molar-refractivity contribution >= 4 is 35.0 Å². The van der Waals surface area contributed by atoms with Crippen LogP contribution in [-0.2, 0) is 4.79 Å². The average Bonchev–Trinajstić information content (AvgIpc) is 3.06. The predicted octanol–water partition coefficient (Wildman–Crippen LogP) is 5.82. The topological polar surface area (TPSA) is 29.5 Å². The number of benzene rings is 3. The summed E-state index contributed by atoms with van der Waals surface area (Å²) in [5, 5.41) is 0.667. The third-order valence-electron chi connectivity index (χ3n) is 4.58. The number of ether oxygens (including phenoxy) is 1. The van der Waals surface area contributed by atoms with Crippen molar-refractivity contribution in [1.29, 1.82) is 0 Å². The van der Waals surface area contributed by atoms with Gasteiger partial charge in [-0.05, 0) is 59.7 Å². The van der Waals surface area contributed by atoms with E-state index in [9.17, 15) is 4.79 Å². The van der Waals surface area contributed by atoms with Gasteiger partial charge in [-0.15, -0.1) is 0 Å². The quantitative estimate of drug-likeness (QED) is 0.528. The van der Waals surface area contributed by atoms with Crippen LogP contribution in [0.25, 0.3) is 11.8 Å². The van der Waals surface area contributed by atoms with Gasteiger partial charge in [0, 0.05) is 16.3 Å². The normalized spacial score (nSPS) is 15.1. The first-order valence-electron chi connectivity index (χ1n) is 8.88. The second kappa shape index (κ2) is 7.75. The number of halogens is 1. The summed E-state index contributed by atoms with van der Waals surface area (Å²) in [7, 11) is 1.62. The van der Waals surface area contributed by atoms with Crippen molar-refractivity contribution in [3.63, 3.8) is 0 Å². The summed E-state index contributed by atoms with van der Waals surface area (Å²) in [6, 6.07) is 24.8. The molecule has 3 aromatic carbocycles. The van der Waals surface area contributed by atoms with Crippen LogP contribution in [0.2, 0.25) is 5.02 Å². The summed E-state index contributed by atoms with van der Waals surface area (Å²) in [5.41, 5.74) is 4.16. The molecule has 0 bridgehead atoms. The maximum Gasteiger partial charge on any atom is 0.262 e. The van der Waals surface area contributed by atoms with Gasteiger partial charge in [0.05, 0.1) is 12.8 Å². The number of amides is 1. The fourth-order valence-electron chi connectivity index (χ4n) is 3.16. The summed E-state index contributed by atoms with van der Waals surface area (Å²) in [6.45, 7) is 0. The molecular weight excluding hydrogens is 370 g/mol. The smallest absolute Gasteiger partial charge is 0.262 e. The van der Waals surface area contributed by atoms with Crippen molar-refractivity contribution in [1.82, 2.24) is 0 Å². The van der Waals surface area contributed by atoms with Crippen LogP contribution in [-0.4, -0.2) is 13.0 Å². The molecule has 1 amide bonds. The molecule has 28 heavy (non-hydrogen) atoms. The molecular formula is C24H18ClNO2. The monoisotopic (exact) mass is 387 g/mol. The van der Waals surface area contributed by atoms with Crippen molar-refractivity contribution < 1.29 is 9.53 Å². The molecule has 0 spiro atoms. The molecule has 3 nitrogen and oxygen atoms in total. The highest BCUT2D eigenvalue weighted by molar-refractivity contribution is 6.30. The Morgan fingerprint density at radius 1 is 0.893 bits per heavy atom. The summed E-state index contributed by atoms with van der Waals surface area (Å²) in [6.07, 6.45) is 3.81. The van der Waals surface area contributed by atoms with E-state index >= 15 is 0 Å². The van der Waals surface area contributed by atoms with E-state index in [1.165, 1.54) is 0 Å².